The molecule has 2 N–H and O–H groups in total. The lowest BCUT2D eigenvalue weighted by Gasteiger charge is -2.37. The molecule has 0 amide bonds. The molecule has 6 rings (SSSR count). The van der Waals surface area contributed by atoms with E-state index in [1.54, 1.807) is 0 Å². The van der Waals surface area contributed by atoms with Crippen LogP contribution in [0.5, 0.6) is 6.01 Å². The Morgan fingerprint density at radius 3 is 2.95 bits per heavy atom. The normalized spacial score (nSPS) is 22.3. The Kier molecular flexibility index (Phi) is 6.57. The second kappa shape index (κ2) is 10.1. The van der Waals surface area contributed by atoms with Crippen molar-refractivity contribution in [3.8, 4) is 12.1 Å². The Morgan fingerprint density at radius 1 is 1.19 bits per heavy atom. The molecule has 0 unspecified atom stereocenters. The molecule has 3 aliphatic rings. The molecule has 3 aliphatic heterocycles. The van der Waals surface area contributed by atoms with Gasteiger partial charge in [-0.3, -0.25) is 5.10 Å². The minimum Gasteiger partial charge on any atom is -0.462 e. The van der Waals surface area contributed by atoms with Crippen LogP contribution in [0, 0.1) is 18.3 Å². The molecule has 0 saturated carbocycles. The lowest BCUT2D eigenvalue weighted by atomic mass is 10.0. The third-order valence-corrected chi connectivity index (χ3v) is 8.11. The molecular weight excluding hydrogens is 466 g/mol. The van der Waals surface area contributed by atoms with Gasteiger partial charge >= 0.3 is 6.01 Å². The number of benzene rings is 1. The molecule has 2 atom stereocenters. The minimum atomic E-state index is 0.141. The number of aryl methyl sites for hydroxylation is 1. The highest BCUT2D eigenvalue weighted by molar-refractivity contribution is 5.93. The molecular formula is C27H35N9O. The summed E-state index contributed by atoms with van der Waals surface area (Å²) in [5.41, 5.74) is 5.72. The molecule has 0 aliphatic carbocycles. The Morgan fingerprint density at radius 2 is 2.11 bits per heavy atom. The van der Waals surface area contributed by atoms with Crippen LogP contribution in [0.1, 0.15) is 36.1 Å². The monoisotopic (exact) mass is 501 g/mol. The molecule has 0 radical (unpaired) electrons. The third kappa shape index (κ3) is 4.69. The summed E-state index contributed by atoms with van der Waals surface area (Å²) in [7, 11) is 2.16. The fourth-order valence-corrected chi connectivity index (χ4v) is 6.06. The number of likely N-dealkylation sites (tertiary alicyclic amines) is 1. The van der Waals surface area contributed by atoms with Crippen LogP contribution < -0.4 is 19.9 Å². The van der Waals surface area contributed by atoms with E-state index in [-0.39, 0.29) is 6.04 Å². The molecule has 0 bridgehead atoms. The van der Waals surface area contributed by atoms with E-state index in [0.717, 1.165) is 68.0 Å². The summed E-state index contributed by atoms with van der Waals surface area (Å²) in [6, 6.07) is 7.56. The second-order valence-electron chi connectivity index (χ2n) is 10.5. The average molecular weight is 502 g/mol. The van der Waals surface area contributed by atoms with Gasteiger partial charge in [0.1, 0.15) is 12.4 Å². The quantitative estimate of drug-likeness (QED) is 0.526. The first kappa shape index (κ1) is 23.9. The first-order valence-electron chi connectivity index (χ1n) is 13.4. The number of nitrogens with zero attached hydrogens (tertiary/aromatic N) is 7. The van der Waals surface area contributed by atoms with Crippen LogP contribution in [0.3, 0.4) is 0 Å². The molecule has 10 nitrogen and oxygen atoms in total. The van der Waals surface area contributed by atoms with Crippen LogP contribution in [0.15, 0.2) is 18.3 Å². The number of aromatic nitrogens is 4. The van der Waals surface area contributed by atoms with E-state index in [2.05, 4.69) is 62.4 Å². The van der Waals surface area contributed by atoms with Crippen molar-refractivity contribution in [2.75, 3.05) is 56.2 Å². The zero-order valence-electron chi connectivity index (χ0n) is 21.7. The van der Waals surface area contributed by atoms with Crippen LogP contribution >= 0.6 is 0 Å². The van der Waals surface area contributed by atoms with Gasteiger partial charge in [0.15, 0.2) is 0 Å². The number of aromatic amines is 1. The summed E-state index contributed by atoms with van der Waals surface area (Å²) in [6.07, 6.45) is 5.61. The van der Waals surface area contributed by atoms with Crippen LogP contribution in [0.4, 0.5) is 11.5 Å². The minimum absolute atomic E-state index is 0.141. The standard InChI is InChI=1S/C27H35N9O/c1-18-5-6-23-22(14-30-33-23)25(18)35-12-8-21-24(16-35)31-27(37-17-20-4-3-11-34(20)2)32-26(21)36-13-10-29-19(15-36)7-9-28/h5-6,14,19-20,29H,3-4,7-8,10-13,15-17H2,1-2H3,(H,30,33)/t19-,20-/m0/s1. The van der Waals surface area contributed by atoms with E-state index < -0.39 is 0 Å². The predicted molar refractivity (Wildman–Crippen MR) is 143 cm³/mol. The number of fused-ring (bicyclic) bond motifs is 2. The van der Waals surface area contributed by atoms with E-state index in [1.165, 1.54) is 23.2 Å². The van der Waals surface area contributed by atoms with E-state index in [0.29, 0.717) is 31.6 Å². The summed E-state index contributed by atoms with van der Waals surface area (Å²) < 4.78 is 6.26. The van der Waals surface area contributed by atoms with E-state index in [4.69, 9.17) is 14.7 Å². The van der Waals surface area contributed by atoms with Crippen molar-refractivity contribution in [3.05, 3.63) is 35.2 Å². The van der Waals surface area contributed by atoms with Gasteiger partial charge in [0, 0.05) is 49.2 Å². The molecule has 3 aromatic rings. The lowest BCUT2D eigenvalue weighted by molar-refractivity contribution is 0.187. The fraction of sp³-hybridized carbons (Fsp3) is 0.556. The Bertz CT molecular complexity index is 1320. The Labute approximate surface area is 217 Å². The van der Waals surface area contributed by atoms with Crippen LogP contribution in [-0.2, 0) is 13.0 Å². The van der Waals surface area contributed by atoms with Gasteiger partial charge in [0.05, 0.1) is 42.1 Å². The lowest BCUT2D eigenvalue weighted by Crippen LogP contribution is -2.51. The van der Waals surface area contributed by atoms with Crippen molar-refractivity contribution in [3.63, 3.8) is 0 Å². The SMILES string of the molecule is Cc1ccc2[nH]ncc2c1N1CCc2c(nc(OC[C@@H]3CCCN3C)nc2N2CCN[C@@H](CC#N)C2)C1. The summed E-state index contributed by atoms with van der Waals surface area (Å²) >= 11 is 0. The Balaban J connectivity index is 1.33. The molecule has 2 aromatic heterocycles. The van der Waals surface area contributed by atoms with Crippen molar-refractivity contribution >= 4 is 22.4 Å². The molecule has 1 aromatic carbocycles. The molecule has 5 heterocycles. The molecule has 0 spiro atoms. The number of H-pyrrole nitrogens is 1. The number of nitrogens with one attached hydrogen (secondary N) is 2. The maximum atomic E-state index is 9.26. The number of rotatable bonds is 6. The van der Waals surface area contributed by atoms with Gasteiger partial charge in [-0.1, -0.05) is 6.07 Å². The van der Waals surface area contributed by atoms with Gasteiger partial charge < -0.3 is 24.8 Å². The van der Waals surface area contributed by atoms with Gasteiger partial charge in [-0.2, -0.15) is 20.3 Å². The molecule has 194 valence electrons. The summed E-state index contributed by atoms with van der Waals surface area (Å²) in [4.78, 5) is 17.0. The number of hydrogen-bond donors (Lipinski definition) is 2. The molecule has 37 heavy (non-hydrogen) atoms. The highest BCUT2D eigenvalue weighted by atomic mass is 16.5. The van der Waals surface area contributed by atoms with Gasteiger partial charge in [-0.15, -0.1) is 0 Å². The van der Waals surface area contributed by atoms with Gasteiger partial charge in [-0.25, -0.2) is 0 Å². The summed E-state index contributed by atoms with van der Waals surface area (Å²) in [5, 5.41) is 21.3. The van der Waals surface area contributed by atoms with Crippen molar-refractivity contribution in [1.29, 1.82) is 5.26 Å². The van der Waals surface area contributed by atoms with Gasteiger partial charge in [0.25, 0.3) is 0 Å². The zero-order chi connectivity index (χ0) is 25.4. The van der Waals surface area contributed by atoms with Crippen molar-refractivity contribution in [2.45, 2.75) is 51.2 Å². The third-order valence-electron chi connectivity index (χ3n) is 8.11. The number of piperazine rings is 1. The average Bonchev–Trinajstić information content (AvgIpc) is 3.55. The number of nitriles is 1. The number of ether oxygens (including phenoxy) is 1. The van der Waals surface area contributed by atoms with E-state index >= 15 is 0 Å². The van der Waals surface area contributed by atoms with Crippen molar-refractivity contribution in [1.82, 2.24) is 30.4 Å². The molecule has 10 heteroatoms. The number of anilines is 2. The zero-order valence-corrected chi connectivity index (χ0v) is 21.7. The van der Waals surface area contributed by atoms with Crippen LogP contribution in [0.2, 0.25) is 0 Å². The van der Waals surface area contributed by atoms with Crippen molar-refractivity contribution < 1.29 is 4.74 Å². The van der Waals surface area contributed by atoms with Gasteiger partial charge in [0.2, 0.25) is 0 Å². The van der Waals surface area contributed by atoms with Crippen LogP contribution in [-0.4, -0.2) is 83.5 Å². The molecule has 2 fully saturated rings. The number of likely N-dealkylation sites (N-methyl/N-ethyl adjacent to an activating group) is 1. The maximum Gasteiger partial charge on any atom is 0.318 e. The molecule has 2 saturated heterocycles. The number of hydrogen-bond acceptors (Lipinski definition) is 9. The predicted octanol–water partition coefficient (Wildman–Crippen LogP) is 2.39. The Hall–Kier alpha value is -3.42. The second-order valence-corrected chi connectivity index (χ2v) is 10.5. The highest BCUT2D eigenvalue weighted by Crippen LogP contribution is 2.35. The highest BCUT2D eigenvalue weighted by Gasteiger charge is 2.30. The van der Waals surface area contributed by atoms with E-state index in [1.807, 2.05) is 6.20 Å². The fourth-order valence-electron chi connectivity index (χ4n) is 6.06. The first-order valence-corrected chi connectivity index (χ1v) is 13.4. The van der Waals surface area contributed by atoms with Crippen LogP contribution in [0.25, 0.3) is 10.9 Å². The maximum absolute atomic E-state index is 9.26. The van der Waals surface area contributed by atoms with Gasteiger partial charge in [-0.05, 0) is 51.4 Å². The summed E-state index contributed by atoms with van der Waals surface area (Å²) in [6.45, 7) is 7.90. The first-order chi connectivity index (χ1) is 18.1. The largest absolute Gasteiger partial charge is 0.462 e. The smallest absolute Gasteiger partial charge is 0.318 e. The topological polar surface area (TPSA) is 109 Å². The van der Waals surface area contributed by atoms with E-state index in [9.17, 15) is 5.26 Å². The van der Waals surface area contributed by atoms with Crippen molar-refractivity contribution in [2.24, 2.45) is 0 Å². The summed E-state index contributed by atoms with van der Waals surface area (Å²) in [5.74, 6) is 0.974.